The van der Waals surface area contributed by atoms with E-state index >= 15 is 0 Å². The molecule has 0 aliphatic heterocycles. The van der Waals surface area contributed by atoms with Crippen LogP contribution < -0.4 is 4.74 Å². The summed E-state index contributed by atoms with van der Waals surface area (Å²) in [6, 6.07) is 5.76. The van der Waals surface area contributed by atoms with Gasteiger partial charge in [0.25, 0.3) is 5.88 Å². The Morgan fingerprint density at radius 3 is 2.94 bits per heavy atom. The van der Waals surface area contributed by atoms with Crippen LogP contribution in [0, 0.1) is 5.82 Å². The maximum Gasteiger partial charge on any atom is 0.512 e. The SMILES string of the molecule is Cn1cc(-c2cccc(F)c2)c(OC(=O)O)n1. The molecule has 0 amide bonds. The predicted octanol–water partition coefficient (Wildman–Crippen LogP) is 2.28. The first-order valence-corrected chi connectivity index (χ1v) is 4.76. The van der Waals surface area contributed by atoms with Gasteiger partial charge in [0.15, 0.2) is 0 Å². The third-order valence-electron chi connectivity index (χ3n) is 2.11. The van der Waals surface area contributed by atoms with Crippen LogP contribution in [0.15, 0.2) is 30.5 Å². The van der Waals surface area contributed by atoms with Crippen molar-refractivity contribution in [2.24, 2.45) is 7.05 Å². The molecule has 1 aromatic heterocycles. The van der Waals surface area contributed by atoms with Crippen molar-refractivity contribution in [3.63, 3.8) is 0 Å². The molecule has 0 saturated carbocycles. The van der Waals surface area contributed by atoms with E-state index in [1.54, 1.807) is 19.3 Å². The molecule has 2 rings (SSSR count). The van der Waals surface area contributed by atoms with Crippen LogP contribution in [0.3, 0.4) is 0 Å². The topological polar surface area (TPSA) is 64.3 Å². The van der Waals surface area contributed by atoms with Crippen LogP contribution in [0.2, 0.25) is 0 Å². The molecule has 17 heavy (non-hydrogen) atoms. The highest BCUT2D eigenvalue weighted by molar-refractivity contribution is 5.71. The maximum absolute atomic E-state index is 13.1. The minimum absolute atomic E-state index is 0.0643. The van der Waals surface area contributed by atoms with Crippen molar-refractivity contribution < 1.29 is 19.0 Å². The number of nitrogens with zero attached hydrogens (tertiary/aromatic N) is 2. The number of carbonyl (C=O) groups is 1. The standard InChI is InChI=1S/C11H9FN2O3/c1-14-6-9(10(13-14)17-11(15)16)7-3-2-4-8(12)5-7/h2-6H,1H3,(H,15,16). The van der Waals surface area contributed by atoms with Gasteiger partial charge in [-0.25, -0.2) is 9.18 Å². The van der Waals surface area contributed by atoms with Gasteiger partial charge in [0, 0.05) is 13.2 Å². The van der Waals surface area contributed by atoms with Crippen LogP contribution in [0.4, 0.5) is 9.18 Å². The minimum atomic E-state index is -1.46. The molecule has 0 atom stereocenters. The lowest BCUT2D eigenvalue weighted by atomic mass is 10.1. The summed E-state index contributed by atoms with van der Waals surface area (Å²) in [5.41, 5.74) is 0.934. The van der Waals surface area contributed by atoms with Crippen molar-refractivity contribution in [1.82, 2.24) is 9.78 Å². The molecule has 1 N–H and O–H groups in total. The van der Waals surface area contributed by atoms with E-state index in [0.29, 0.717) is 11.1 Å². The van der Waals surface area contributed by atoms with Crippen LogP contribution in [-0.2, 0) is 7.05 Å². The van der Waals surface area contributed by atoms with Gasteiger partial charge in [-0.1, -0.05) is 12.1 Å². The van der Waals surface area contributed by atoms with Gasteiger partial charge in [0.1, 0.15) is 5.82 Å². The lowest BCUT2D eigenvalue weighted by molar-refractivity contribution is 0.142. The Morgan fingerprint density at radius 2 is 2.29 bits per heavy atom. The fourth-order valence-electron chi connectivity index (χ4n) is 1.48. The van der Waals surface area contributed by atoms with Gasteiger partial charge in [0.05, 0.1) is 5.56 Å². The zero-order valence-corrected chi connectivity index (χ0v) is 8.92. The number of hydrogen-bond donors (Lipinski definition) is 1. The summed E-state index contributed by atoms with van der Waals surface area (Å²) in [4.78, 5) is 10.5. The van der Waals surface area contributed by atoms with Crippen molar-refractivity contribution in [2.45, 2.75) is 0 Å². The zero-order chi connectivity index (χ0) is 12.4. The molecule has 0 unspecified atom stereocenters. The monoisotopic (exact) mass is 236 g/mol. The van der Waals surface area contributed by atoms with Crippen molar-refractivity contribution in [3.05, 3.63) is 36.3 Å². The second-order valence-electron chi connectivity index (χ2n) is 3.40. The smallest absolute Gasteiger partial charge is 0.449 e. The van der Waals surface area contributed by atoms with E-state index < -0.39 is 12.0 Å². The fraction of sp³-hybridized carbons (Fsp3) is 0.0909. The van der Waals surface area contributed by atoms with E-state index in [1.165, 1.54) is 22.9 Å². The van der Waals surface area contributed by atoms with Gasteiger partial charge < -0.3 is 9.84 Å². The summed E-state index contributed by atoms with van der Waals surface area (Å²) in [6.45, 7) is 0. The molecular weight excluding hydrogens is 227 g/mol. The van der Waals surface area contributed by atoms with Crippen LogP contribution in [0.25, 0.3) is 11.1 Å². The number of rotatable bonds is 2. The van der Waals surface area contributed by atoms with E-state index in [9.17, 15) is 9.18 Å². The Morgan fingerprint density at radius 1 is 1.53 bits per heavy atom. The molecular formula is C11H9FN2O3. The zero-order valence-electron chi connectivity index (χ0n) is 8.92. The molecule has 0 fully saturated rings. The highest BCUT2D eigenvalue weighted by Crippen LogP contribution is 2.28. The molecule has 88 valence electrons. The second-order valence-corrected chi connectivity index (χ2v) is 3.40. The number of benzene rings is 1. The molecule has 2 aromatic rings. The normalized spacial score (nSPS) is 10.2. The molecule has 0 spiro atoms. The number of aromatic nitrogens is 2. The Kier molecular flexibility index (Phi) is 2.78. The maximum atomic E-state index is 13.1. The van der Waals surface area contributed by atoms with Crippen molar-refractivity contribution >= 4 is 6.16 Å². The first-order valence-electron chi connectivity index (χ1n) is 4.76. The molecule has 1 aromatic carbocycles. The summed E-state index contributed by atoms with van der Waals surface area (Å²) in [7, 11) is 1.62. The first-order chi connectivity index (χ1) is 8.06. The second kappa shape index (κ2) is 4.25. The van der Waals surface area contributed by atoms with Gasteiger partial charge in [-0.15, -0.1) is 5.10 Å². The lowest BCUT2D eigenvalue weighted by Crippen LogP contribution is -2.04. The van der Waals surface area contributed by atoms with Gasteiger partial charge in [-0.2, -0.15) is 0 Å². The highest BCUT2D eigenvalue weighted by atomic mass is 19.1. The molecule has 0 saturated heterocycles. The number of hydrogen-bond acceptors (Lipinski definition) is 3. The lowest BCUT2D eigenvalue weighted by Gasteiger charge is -2.00. The molecule has 0 aliphatic carbocycles. The molecule has 1 heterocycles. The third kappa shape index (κ3) is 2.41. The van der Waals surface area contributed by atoms with E-state index in [1.807, 2.05) is 0 Å². The summed E-state index contributed by atoms with van der Waals surface area (Å²) in [6.07, 6.45) is 0.105. The van der Waals surface area contributed by atoms with Crippen LogP contribution >= 0.6 is 0 Å². The van der Waals surface area contributed by atoms with Crippen LogP contribution in [-0.4, -0.2) is 21.0 Å². The average Bonchev–Trinajstić information content (AvgIpc) is 2.58. The van der Waals surface area contributed by atoms with E-state index in [0.717, 1.165) is 0 Å². The van der Waals surface area contributed by atoms with Gasteiger partial charge >= 0.3 is 6.16 Å². The van der Waals surface area contributed by atoms with Crippen molar-refractivity contribution in [3.8, 4) is 17.0 Å². The van der Waals surface area contributed by atoms with E-state index in [-0.39, 0.29) is 5.88 Å². The quantitative estimate of drug-likeness (QED) is 0.812. The Labute approximate surface area is 96.1 Å². The average molecular weight is 236 g/mol. The summed E-state index contributed by atoms with van der Waals surface area (Å²) < 4.78 is 19.0. The van der Waals surface area contributed by atoms with Crippen molar-refractivity contribution in [1.29, 1.82) is 0 Å². The van der Waals surface area contributed by atoms with E-state index in [4.69, 9.17) is 5.11 Å². The van der Waals surface area contributed by atoms with Gasteiger partial charge in [-0.05, 0) is 17.7 Å². The van der Waals surface area contributed by atoms with Crippen molar-refractivity contribution in [2.75, 3.05) is 0 Å². The first kappa shape index (κ1) is 11.1. The Balaban J connectivity index is 2.47. The molecule has 0 aliphatic rings. The molecule has 0 bridgehead atoms. The van der Waals surface area contributed by atoms with Crippen LogP contribution in [0.5, 0.6) is 5.88 Å². The third-order valence-corrected chi connectivity index (χ3v) is 2.11. The minimum Gasteiger partial charge on any atom is -0.449 e. The van der Waals surface area contributed by atoms with Gasteiger partial charge in [-0.3, -0.25) is 4.68 Å². The summed E-state index contributed by atoms with van der Waals surface area (Å²) >= 11 is 0. The van der Waals surface area contributed by atoms with Crippen LogP contribution in [0.1, 0.15) is 0 Å². The number of aryl methyl sites for hydroxylation is 1. The summed E-state index contributed by atoms with van der Waals surface area (Å²) in [5.74, 6) is -0.474. The number of ether oxygens (including phenoxy) is 1. The molecule has 5 nitrogen and oxygen atoms in total. The fourth-order valence-corrected chi connectivity index (χ4v) is 1.48. The van der Waals surface area contributed by atoms with Gasteiger partial charge in [0.2, 0.25) is 0 Å². The largest absolute Gasteiger partial charge is 0.512 e. The number of carboxylic acid groups (broad SMARTS) is 1. The Bertz CT molecular complexity index is 566. The van der Waals surface area contributed by atoms with E-state index in [2.05, 4.69) is 9.84 Å². The predicted molar refractivity (Wildman–Crippen MR) is 57.3 cm³/mol. The molecule has 0 radical (unpaired) electrons. The summed E-state index contributed by atoms with van der Waals surface area (Å²) in [5, 5.41) is 12.4. The number of halogens is 1. The molecule has 6 heteroatoms. The highest BCUT2D eigenvalue weighted by Gasteiger charge is 2.14. The Hall–Kier alpha value is -2.37.